The predicted octanol–water partition coefficient (Wildman–Crippen LogP) is 3.75. The molecule has 1 aromatic rings. The molecule has 12 N–H and O–H groups in total. The Kier molecular flexibility index (Phi) is 18.3. The van der Waals surface area contributed by atoms with Gasteiger partial charge in [0.05, 0.1) is 8.76 Å². The summed E-state index contributed by atoms with van der Waals surface area (Å²) in [6, 6.07) is 4.73. The minimum absolute atomic E-state index is 0. The van der Waals surface area contributed by atoms with Crippen LogP contribution in [0.2, 0.25) is 0 Å². The lowest BCUT2D eigenvalue weighted by Crippen LogP contribution is -2.44. The summed E-state index contributed by atoms with van der Waals surface area (Å²) in [7, 11) is 0. The topological polar surface area (TPSA) is 262 Å². The van der Waals surface area contributed by atoms with E-state index < -0.39 is 66.3 Å². The maximum Gasteiger partial charge on any atom is 0.408 e. The van der Waals surface area contributed by atoms with Gasteiger partial charge in [0, 0.05) is 18.5 Å². The predicted molar refractivity (Wildman–Crippen MR) is 178 cm³/mol. The van der Waals surface area contributed by atoms with Gasteiger partial charge in [0.15, 0.2) is 0 Å². The van der Waals surface area contributed by atoms with Crippen molar-refractivity contribution in [1.82, 2.24) is 22.1 Å². The highest BCUT2D eigenvalue weighted by Crippen LogP contribution is 2.08. The maximum absolute atomic E-state index is 12.0. The van der Waals surface area contributed by atoms with Crippen molar-refractivity contribution in [2.24, 2.45) is 17.2 Å². The number of primary amides is 2. The first kappa shape index (κ1) is 34.8. The second kappa shape index (κ2) is 24.2. The van der Waals surface area contributed by atoms with Crippen LogP contribution < -0.4 is 39.3 Å². The van der Waals surface area contributed by atoms with Gasteiger partial charge in [-0.3, -0.25) is 9.59 Å². The van der Waals surface area contributed by atoms with Crippen LogP contribution in [0, 0.1) is 0 Å². The fourth-order valence-corrected chi connectivity index (χ4v) is 2.85. The standard InChI is InChI=1S/C19H29N3O5.C11H23N3O3.CH4.H3N/c1-19(2,3)27-17(24)21-12-8-7-11-15(16(20)23)22-18(25)26-13-14-9-5-4-6-10-14;1-11(2,3)17-10(16)14-7-5-4-6-8(12)9(13)15;;/h4-6,9-10,15H,7-8,11-13H2,1-3H3,(H2,20,23)(H,21,24)(H,22,25);8H,4-7,12H2,1-3H3,(H2,13,15)(H,14,16);1H4;1H3/t15-;8-;;/m00../s1/i12D2,15D;7D2,8D;;. The molecule has 2 atom stereocenters. The van der Waals surface area contributed by atoms with Gasteiger partial charge in [0.2, 0.25) is 11.8 Å². The highest BCUT2D eigenvalue weighted by atomic mass is 16.6. The number of ether oxygens (including phenoxy) is 3. The van der Waals surface area contributed by atoms with Gasteiger partial charge in [-0.1, -0.05) is 37.8 Å². The second-order valence-electron chi connectivity index (χ2n) is 11.2. The highest BCUT2D eigenvalue weighted by molar-refractivity contribution is 5.84. The van der Waals surface area contributed by atoms with Gasteiger partial charge in [0.25, 0.3) is 0 Å². The monoisotopic (exact) mass is 663 g/mol. The number of carbonyl (C=O) groups is 5. The molecule has 0 radical (unpaired) electrons. The number of nitrogens with one attached hydrogen (secondary N) is 3. The fourth-order valence-electron chi connectivity index (χ4n) is 2.85. The summed E-state index contributed by atoms with van der Waals surface area (Å²) in [4.78, 5) is 57.7. The van der Waals surface area contributed by atoms with Gasteiger partial charge < -0.3 is 53.5 Å². The Morgan fingerprint density at radius 2 is 1.24 bits per heavy atom. The smallest absolute Gasteiger partial charge is 0.408 e. The molecule has 0 aromatic heterocycles. The summed E-state index contributed by atoms with van der Waals surface area (Å²) in [5, 5.41) is 6.29. The first-order valence-corrected chi connectivity index (χ1v) is 13.9. The zero-order valence-electron chi connectivity index (χ0n) is 33.0. The Morgan fingerprint density at radius 1 is 0.783 bits per heavy atom. The lowest BCUT2D eigenvalue weighted by molar-refractivity contribution is -0.120. The second-order valence-corrected chi connectivity index (χ2v) is 11.2. The molecule has 0 heterocycles. The van der Waals surface area contributed by atoms with E-state index in [-0.39, 0.29) is 58.7 Å². The first-order valence-electron chi connectivity index (χ1n) is 16.9. The van der Waals surface area contributed by atoms with E-state index in [0.717, 1.165) is 5.56 Å². The molecule has 0 unspecified atom stereocenters. The van der Waals surface area contributed by atoms with Crippen LogP contribution in [0.4, 0.5) is 14.4 Å². The molecule has 0 spiro atoms. The molecular weight excluding hydrogens is 598 g/mol. The van der Waals surface area contributed by atoms with E-state index in [0.29, 0.717) is 0 Å². The van der Waals surface area contributed by atoms with Crippen molar-refractivity contribution >= 4 is 30.1 Å². The van der Waals surface area contributed by atoms with Crippen molar-refractivity contribution in [3.8, 4) is 0 Å². The normalized spacial score (nSPS) is 15.7. The lowest BCUT2D eigenvalue weighted by Gasteiger charge is -2.19. The number of rotatable bonds is 15. The molecule has 0 aliphatic heterocycles. The number of nitrogens with two attached hydrogens (primary N) is 3. The zero-order valence-corrected chi connectivity index (χ0v) is 27.0. The van der Waals surface area contributed by atoms with Crippen molar-refractivity contribution in [3.05, 3.63) is 35.9 Å². The summed E-state index contributed by atoms with van der Waals surface area (Å²) >= 11 is 0. The molecule has 1 rings (SSSR count). The van der Waals surface area contributed by atoms with Crippen molar-refractivity contribution in [3.63, 3.8) is 0 Å². The zero-order chi connectivity index (χ0) is 39.2. The van der Waals surface area contributed by atoms with E-state index >= 15 is 0 Å². The van der Waals surface area contributed by atoms with E-state index in [9.17, 15) is 24.0 Å². The van der Waals surface area contributed by atoms with Gasteiger partial charge >= 0.3 is 18.3 Å². The molecule has 0 saturated heterocycles. The van der Waals surface area contributed by atoms with Crippen molar-refractivity contribution in [1.29, 1.82) is 0 Å². The number of carbonyl (C=O) groups excluding carboxylic acids is 5. The summed E-state index contributed by atoms with van der Waals surface area (Å²) in [6.45, 7) is 5.71. The molecule has 46 heavy (non-hydrogen) atoms. The Labute approximate surface area is 282 Å². The first-order chi connectivity index (χ1) is 22.5. The van der Waals surface area contributed by atoms with Gasteiger partial charge in [-0.05, 0) is 85.6 Å². The maximum atomic E-state index is 12.0. The number of hydrogen-bond acceptors (Lipinski definition) is 10. The van der Waals surface area contributed by atoms with E-state index in [1.165, 1.54) is 0 Å². The summed E-state index contributed by atoms with van der Waals surface area (Å²) in [5.74, 6) is -2.09. The number of alkyl carbamates (subject to hydrolysis) is 3. The summed E-state index contributed by atoms with van der Waals surface area (Å²) in [5.41, 5.74) is 14.7. The molecule has 0 fully saturated rings. The van der Waals surface area contributed by atoms with Crippen molar-refractivity contribution < 1.29 is 46.4 Å². The molecule has 0 aliphatic carbocycles. The van der Waals surface area contributed by atoms with E-state index in [1.54, 1.807) is 65.8 Å². The third-order valence-electron chi connectivity index (χ3n) is 4.73. The van der Waals surface area contributed by atoms with Crippen LogP contribution in [0.25, 0.3) is 0 Å². The van der Waals surface area contributed by atoms with E-state index in [4.69, 9.17) is 39.6 Å². The Balaban J connectivity index is -0.000000959. The molecule has 0 aliphatic rings. The molecular formula is C31H59N7O8. The number of amides is 5. The van der Waals surface area contributed by atoms with Gasteiger partial charge in [-0.2, -0.15) is 0 Å². The third kappa shape index (κ3) is 27.4. The van der Waals surface area contributed by atoms with Gasteiger partial charge in [-0.25, -0.2) is 14.4 Å². The van der Waals surface area contributed by atoms with Crippen LogP contribution in [0.3, 0.4) is 0 Å². The fraction of sp³-hybridized carbons (Fsp3) is 0.645. The minimum Gasteiger partial charge on any atom is -0.445 e. The van der Waals surface area contributed by atoms with Crippen molar-refractivity contribution in [2.75, 3.05) is 13.0 Å². The van der Waals surface area contributed by atoms with Crippen LogP contribution in [0.15, 0.2) is 30.3 Å². The van der Waals surface area contributed by atoms with Gasteiger partial charge in [0.1, 0.15) is 23.8 Å². The molecule has 5 amide bonds. The average molecular weight is 664 g/mol. The highest BCUT2D eigenvalue weighted by Gasteiger charge is 2.19. The molecule has 0 bridgehead atoms. The molecule has 1 aromatic carbocycles. The van der Waals surface area contributed by atoms with Crippen LogP contribution in [-0.2, 0) is 30.4 Å². The average Bonchev–Trinajstić information content (AvgIpc) is 2.89. The van der Waals surface area contributed by atoms with Crippen molar-refractivity contribution in [2.45, 2.75) is 117 Å². The van der Waals surface area contributed by atoms with Crippen LogP contribution in [-0.4, -0.2) is 66.3 Å². The van der Waals surface area contributed by atoms with E-state index in [1.807, 2.05) is 6.07 Å². The molecule has 266 valence electrons. The summed E-state index contributed by atoms with van der Waals surface area (Å²) in [6.07, 6.45) is -3.44. The lowest BCUT2D eigenvalue weighted by atomic mass is 10.1. The number of hydrogen-bond donors (Lipinski definition) is 7. The van der Waals surface area contributed by atoms with Gasteiger partial charge in [-0.15, -0.1) is 0 Å². The molecule has 15 heteroatoms. The van der Waals surface area contributed by atoms with Crippen LogP contribution in [0.5, 0.6) is 0 Å². The molecule has 0 saturated carbocycles. The van der Waals surface area contributed by atoms with Crippen LogP contribution >= 0.6 is 0 Å². The molecule has 15 nitrogen and oxygen atoms in total. The largest absolute Gasteiger partial charge is 0.445 e. The Hall–Kier alpha value is -4.11. The quantitative estimate of drug-likeness (QED) is 0.134. The van der Waals surface area contributed by atoms with Crippen LogP contribution in [0.1, 0.15) is 101 Å². The summed E-state index contributed by atoms with van der Waals surface area (Å²) < 4.78 is 61.4. The Morgan fingerprint density at radius 3 is 1.65 bits per heavy atom. The van der Waals surface area contributed by atoms with E-state index in [2.05, 4.69) is 16.0 Å². The third-order valence-corrected chi connectivity index (χ3v) is 4.73. The number of benzene rings is 1. The minimum atomic E-state index is -2.18. The SMILES string of the molecule is C.N.[2H]C([2H])(CCC[C@]([2H])(N)C(N)=O)NC(=O)OC(C)(C)C.[2H]C([2H])(CCC[C@]([2H])(NC(=O)OCc1ccccc1)C(N)=O)NC(=O)OC(C)(C)C. The Bertz CT molecular complexity index is 1300.